The maximum absolute atomic E-state index is 3.42. The molecule has 0 aliphatic carbocycles. The molecule has 3 rings (SSSR count). The molecule has 2 aromatic carbocycles. The third kappa shape index (κ3) is 1.69. The first kappa shape index (κ1) is 10.7. The van der Waals surface area contributed by atoms with Gasteiger partial charge in [-0.2, -0.15) is 0 Å². The first-order valence-corrected chi connectivity index (χ1v) is 5.82. The average Bonchev–Trinajstić information content (AvgIpc) is 2.68. The molecule has 1 N–H and O–H groups in total. The number of aromatic nitrogens is 1. The van der Waals surface area contributed by atoms with E-state index in [-0.39, 0.29) is 0 Å². The van der Waals surface area contributed by atoms with Gasteiger partial charge in [0.25, 0.3) is 0 Å². The highest BCUT2D eigenvalue weighted by atomic mass is 14.7. The molecule has 0 spiro atoms. The molecular weight excluding hydrogens is 194 g/mol. The van der Waals surface area contributed by atoms with E-state index in [2.05, 4.69) is 54.4 Å². The van der Waals surface area contributed by atoms with Crippen molar-refractivity contribution in [3.63, 3.8) is 0 Å². The van der Waals surface area contributed by atoms with Crippen molar-refractivity contribution in [2.75, 3.05) is 0 Å². The topological polar surface area (TPSA) is 15.8 Å². The van der Waals surface area contributed by atoms with Crippen LogP contribution in [0.2, 0.25) is 0 Å². The number of hydrogen-bond donors (Lipinski definition) is 1. The third-order valence-corrected chi connectivity index (χ3v) is 2.66. The summed E-state index contributed by atoms with van der Waals surface area (Å²) in [5, 5.41) is 2.62. The lowest BCUT2D eigenvalue weighted by Gasteiger charge is -1.92. The van der Waals surface area contributed by atoms with Crippen LogP contribution in [0.25, 0.3) is 21.8 Å². The molecule has 0 fully saturated rings. The maximum atomic E-state index is 3.42. The second-order valence-corrected chi connectivity index (χ2v) is 3.72. The Morgan fingerprint density at radius 1 is 0.812 bits per heavy atom. The molecule has 0 radical (unpaired) electrons. The average molecular weight is 211 g/mol. The zero-order valence-corrected chi connectivity index (χ0v) is 10.0. The number of aromatic amines is 1. The highest BCUT2D eigenvalue weighted by Gasteiger charge is 2.01. The molecule has 16 heavy (non-hydrogen) atoms. The molecule has 1 nitrogen and oxygen atoms in total. The Morgan fingerprint density at radius 3 is 2.31 bits per heavy atom. The number of fused-ring (bicyclic) bond motifs is 3. The Balaban J connectivity index is 0.000000457. The number of hydrogen-bond acceptors (Lipinski definition) is 0. The van der Waals surface area contributed by atoms with Crippen LogP contribution in [0.15, 0.2) is 42.5 Å². The van der Waals surface area contributed by atoms with Crippen molar-refractivity contribution in [1.82, 2.24) is 4.98 Å². The van der Waals surface area contributed by atoms with Gasteiger partial charge < -0.3 is 4.98 Å². The molecule has 3 aromatic rings. The molecule has 0 bridgehead atoms. The summed E-state index contributed by atoms with van der Waals surface area (Å²) in [4.78, 5) is 3.42. The van der Waals surface area contributed by atoms with Crippen molar-refractivity contribution in [2.45, 2.75) is 20.8 Å². The number of aryl methyl sites for hydroxylation is 1. The normalized spacial score (nSPS) is 10.2. The van der Waals surface area contributed by atoms with Crippen LogP contribution in [0.1, 0.15) is 19.4 Å². The maximum Gasteiger partial charge on any atom is 0.0467 e. The predicted octanol–water partition coefficient (Wildman–Crippen LogP) is 4.66. The molecule has 0 amide bonds. The SMILES string of the molecule is CC.Cc1ccc2c(c1)[nH]c1ccccc12. The summed E-state index contributed by atoms with van der Waals surface area (Å²) in [5.41, 5.74) is 3.74. The Morgan fingerprint density at radius 2 is 1.50 bits per heavy atom. The smallest absolute Gasteiger partial charge is 0.0467 e. The van der Waals surface area contributed by atoms with Crippen LogP contribution in [0.4, 0.5) is 0 Å². The van der Waals surface area contributed by atoms with E-state index in [1.54, 1.807) is 0 Å². The first-order valence-electron chi connectivity index (χ1n) is 5.82. The van der Waals surface area contributed by atoms with Gasteiger partial charge in [-0.15, -0.1) is 0 Å². The summed E-state index contributed by atoms with van der Waals surface area (Å²) in [6, 6.07) is 14.9. The number of rotatable bonds is 0. The Bertz CT molecular complexity index is 605. The van der Waals surface area contributed by atoms with Gasteiger partial charge in [-0.25, -0.2) is 0 Å². The van der Waals surface area contributed by atoms with E-state index in [9.17, 15) is 0 Å². The molecule has 0 atom stereocenters. The minimum absolute atomic E-state index is 1.22. The van der Waals surface area contributed by atoms with Gasteiger partial charge in [0.05, 0.1) is 0 Å². The first-order chi connectivity index (χ1) is 7.84. The Labute approximate surface area is 96.1 Å². The second-order valence-electron chi connectivity index (χ2n) is 3.72. The van der Waals surface area contributed by atoms with Gasteiger partial charge in [0.2, 0.25) is 0 Å². The van der Waals surface area contributed by atoms with Crippen molar-refractivity contribution in [3.05, 3.63) is 48.0 Å². The molecule has 1 aromatic heterocycles. The van der Waals surface area contributed by atoms with Crippen molar-refractivity contribution in [2.24, 2.45) is 0 Å². The fourth-order valence-corrected chi connectivity index (χ4v) is 1.97. The summed E-state index contributed by atoms with van der Waals surface area (Å²) in [6.07, 6.45) is 0. The van der Waals surface area contributed by atoms with Crippen LogP contribution in [-0.2, 0) is 0 Å². The zero-order valence-electron chi connectivity index (χ0n) is 10.0. The van der Waals surface area contributed by atoms with Crippen LogP contribution >= 0.6 is 0 Å². The van der Waals surface area contributed by atoms with Crippen LogP contribution < -0.4 is 0 Å². The van der Waals surface area contributed by atoms with E-state index in [0.29, 0.717) is 0 Å². The van der Waals surface area contributed by atoms with Crippen LogP contribution in [-0.4, -0.2) is 4.98 Å². The zero-order chi connectivity index (χ0) is 11.5. The Hall–Kier alpha value is -1.76. The highest BCUT2D eigenvalue weighted by Crippen LogP contribution is 2.25. The standard InChI is InChI=1S/C13H11N.C2H6/c1-9-6-7-11-10-4-2-3-5-12(10)14-13(11)8-9;1-2/h2-8,14H,1H3;1-2H3. The molecule has 82 valence electrons. The minimum Gasteiger partial charge on any atom is -0.355 e. The van der Waals surface area contributed by atoms with E-state index < -0.39 is 0 Å². The number of para-hydroxylation sites is 1. The molecule has 0 saturated heterocycles. The van der Waals surface area contributed by atoms with Crippen LogP contribution in [0.3, 0.4) is 0 Å². The molecular formula is C15H17N. The molecule has 1 heterocycles. The fourth-order valence-electron chi connectivity index (χ4n) is 1.97. The summed E-state index contributed by atoms with van der Waals surface area (Å²) in [6.45, 7) is 6.12. The predicted molar refractivity (Wildman–Crippen MR) is 71.9 cm³/mol. The third-order valence-electron chi connectivity index (χ3n) is 2.66. The van der Waals surface area contributed by atoms with E-state index in [4.69, 9.17) is 0 Å². The van der Waals surface area contributed by atoms with Crippen molar-refractivity contribution >= 4 is 21.8 Å². The van der Waals surface area contributed by atoms with Crippen LogP contribution in [0, 0.1) is 6.92 Å². The summed E-state index contributed by atoms with van der Waals surface area (Å²) >= 11 is 0. The quantitative estimate of drug-likeness (QED) is 0.557. The molecule has 0 unspecified atom stereocenters. The summed E-state index contributed by atoms with van der Waals surface area (Å²) in [7, 11) is 0. The highest BCUT2D eigenvalue weighted by molar-refractivity contribution is 6.07. The molecule has 1 heteroatoms. The van der Waals surface area contributed by atoms with E-state index >= 15 is 0 Å². The Kier molecular flexibility index (Phi) is 2.95. The monoisotopic (exact) mass is 211 g/mol. The van der Waals surface area contributed by atoms with Gasteiger partial charge >= 0.3 is 0 Å². The largest absolute Gasteiger partial charge is 0.355 e. The minimum atomic E-state index is 1.22. The van der Waals surface area contributed by atoms with Gasteiger partial charge in [0.1, 0.15) is 0 Å². The second kappa shape index (κ2) is 4.40. The van der Waals surface area contributed by atoms with Gasteiger partial charge in [0.15, 0.2) is 0 Å². The van der Waals surface area contributed by atoms with Gasteiger partial charge in [-0.05, 0) is 24.6 Å². The van der Waals surface area contributed by atoms with Gasteiger partial charge in [-0.1, -0.05) is 44.2 Å². The van der Waals surface area contributed by atoms with Gasteiger partial charge in [0, 0.05) is 21.8 Å². The lowest BCUT2D eigenvalue weighted by atomic mass is 10.1. The lowest BCUT2D eigenvalue weighted by Crippen LogP contribution is -1.70. The van der Waals surface area contributed by atoms with Crippen LogP contribution in [0.5, 0.6) is 0 Å². The molecule has 0 saturated carbocycles. The number of benzene rings is 2. The number of nitrogens with one attached hydrogen (secondary N) is 1. The van der Waals surface area contributed by atoms with Crippen molar-refractivity contribution < 1.29 is 0 Å². The molecule has 0 aliphatic rings. The fraction of sp³-hybridized carbons (Fsp3) is 0.200. The van der Waals surface area contributed by atoms with Crippen molar-refractivity contribution in [3.8, 4) is 0 Å². The van der Waals surface area contributed by atoms with E-state index in [1.165, 1.54) is 27.4 Å². The van der Waals surface area contributed by atoms with E-state index in [0.717, 1.165) is 0 Å². The van der Waals surface area contributed by atoms with Crippen molar-refractivity contribution in [1.29, 1.82) is 0 Å². The summed E-state index contributed by atoms with van der Waals surface area (Å²) in [5.74, 6) is 0. The number of H-pyrrole nitrogens is 1. The lowest BCUT2D eigenvalue weighted by molar-refractivity contribution is 1.47. The molecule has 0 aliphatic heterocycles. The van der Waals surface area contributed by atoms with Gasteiger partial charge in [-0.3, -0.25) is 0 Å². The van der Waals surface area contributed by atoms with E-state index in [1.807, 2.05) is 13.8 Å². The summed E-state index contributed by atoms with van der Waals surface area (Å²) < 4.78 is 0.